The Morgan fingerprint density at radius 2 is 2.18 bits per heavy atom. The van der Waals surface area contributed by atoms with Gasteiger partial charge >= 0.3 is 5.97 Å². The number of carboxylic acid groups (broad SMARTS) is 1. The molecule has 2 heterocycles. The van der Waals surface area contributed by atoms with Gasteiger partial charge in [0.1, 0.15) is 12.2 Å². The van der Waals surface area contributed by atoms with Crippen molar-refractivity contribution in [1.29, 1.82) is 0 Å². The summed E-state index contributed by atoms with van der Waals surface area (Å²) in [6.07, 6.45) is 4.58. The maximum absolute atomic E-state index is 10.9. The number of aromatic carboxylic acids is 1. The van der Waals surface area contributed by atoms with Crippen LogP contribution in [-0.4, -0.2) is 30.6 Å². The van der Waals surface area contributed by atoms with Gasteiger partial charge in [-0.1, -0.05) is 0 Å². The lowest BCUT2D eigenvalue weighted by atomic mass is 10.2. The predicted octanol–water partition coefficient (Wildman–Crippen LogP) is 0.431. The van der Waals surface area contributed by atoms with Crippen molar-refractivity contribution < 1.29 is 14.6 Å². The van der Waals surface area contributed by atoms with Gasteiger partial charge in [0.2, 0.25) is 0 Å². The summed E-state index contributed by atoms with van der Waals surface area (Å²) in [7, 11) is 3.45. The molecule has 0 fully saturated rings. The molecule has 0 aliphatic rings. The summed E-state index contributed by atoms with van der Waals surface area (Å²) < 4.78 is 8.53. The van der Waals surface area contributed by atoms with E-state index in [2.05, 4.69) is 10.2 Å². The van der Waals surface area contributed by atoms with Crippen molar-refractivity contribution in [2.75, 3.05) is 0 Å². The molecule has 7 heteroatoms. The molecule has 2 aromatic rings. The molecule has 7 nitrogen and oxygen atoms in total. The molecule has 0 amide bonds. The van der Waals surface area contributed by atoms with Gasteiger partial charge in [-0.3, -0.25) is 9.36 Å². The van der Waals surface area contributed by atoms with Gasteiger partial charge in [-0.15, -0.1) is 0 Å². The fourth-order valence-electron chi connectivity index (χ4n) is 1.44. The number of hydrogen-bond acceptors (Lipinski definition) is 4. The molecule has 1 N–H and O–H groups in total. The molecular formula is C10H12N4O3. The normalized spacial score (nSPS) is 10.5. The highest BCUT2D eigenvalue weighted by atomic mass is 16.5. The third kappa shape index (κ3) is 2.27. The van der Waals surface area contributed by atoms with Crippen LogP contribution in [0, 0.1) is 0 Å². The summed E-state index contributed by atoms with van der Waals surface area (Å²) in [5.74, 6) is -0.423. The molecule has 17 heavy (non-hydrogen) atoms. The van der Waals surface area contributed by atoms with Crippen LogP contribution in [0.1, 0.15) is 16.1 Å². The molecular weight excluding hydrogens is 224 g/mol. The third-order valence-electron chi connectivity index (χ3n) is 2.35. The van der Waals surface area contributed by atoms with E-state index in [9.17, 15) is 4.79 Å². The molecule has 90 valence electrons. The van der Waals surface area contributed by atoms with E-state index in [1.54, 1.807) is 31.2 Å². The highest BCUT2D eigenvalue weighted by Crippen LogP contribution is 2.13. The van der Waals surface area contributed by atoms with Crippen LogP contribution in [0.4, 0.5) is 0 Å². The number of aryl methyl sites for hydroxylation is 2. The molecule has 0 aliphatic carbocycles. The summed E-state index contributed by atoms with van der Waals surface area (Å²) >= 11 is 0. The molecule has 0 aliphatic heterocycles. The van der Waals surface area contributed by atoms with Crippen LogP contribution >= 0.6 is 0 Å². The largest absolute Gasteiger partial charge is 0.484 e. The number of hydrogen-bond donors (Lipinski definition) is 1. The fraction of sp³-hybridized carbons (Fsp3) is 0.300. The zero-order valence-electron chi connectivity index (χ0n) is 9.49. The topological polar surface area (TPSA) is 82.2 Å². The van der Waals surface area contributed by atoms with Crippen LogP contribution in [0.5, 0.6) is 5.75 Å². The van der Waals surface area contributed by atoms with Gasteiger partial charge in [0.05, 0.1) is 24.3 Å². The Kier molecular flexibility index (Phi) is 2.82. The second-order valence-electron chi connectivity index (χ2n) is 3.57. The third-order valence-corrected chi connectivity index (χ3v) is 2.35. The van der Waals surface area contributed by atoms with Crippen molar-refractivity contribution >= 4 is 5.97 Å². The van der Waals surface area contributed by atoms with Crippen LogP contribution < -0.4 is 4.74 Å². The van der Waals surface area contributed by atoms with Crippen molar-refractivity contribution in [2.24, 2.45) is 14.1 Å². The van der Waals surface area contributed by atoms with E-state index in [0.717, 1.165) is 0 Å². The lowest BCUT2D eigenvalue weighted by Crippen LogP contribution is -2.08. The Morgan fingerprint density at radius 3 is 2.76 bits per heavy atom. The van der Waals surface area contributed by atoms with Crippen molar-refractivity contribution in [1.82, 2.24) is 19.6 Å². The number of carbonyl (C=O) groups is 1. The quantitative estimate of drug-likeness (QED) is 0.832. The van der Waals surface area contributed by atoms with Gasteiger partial charge in [0.25, 0.3) is 0 Å². The maximum atomic E-state index is 10.9. The lowest BCUT2D eigenvalue weighted by Gasteiger charge is -2.05. The van der Waals surface area contributed by atoms with E-state index in [0.29, 0.717) is 11.4 Å². The predicted molar refractivity (Wildman–Crippen MR) is 57.7 cm³/mol. The standard InChI is InChI=1S/C10H12N4O3/c1-13-5-7(3-11-13)17-6-9-8(10(15)16)4-12-14(9)2/h3-5H,6H2,1-2H3,(H,15,16). The highest BCUT2D eigenvalue weighted by Gasteiger charge is 2.15. The van der Waals surface area contributed by atoms with Crippen molar-refractivity contribution in [3.8, 4) is 5.75 Å². The van der Waals surface area contributed by atoms with Crippen molar-refractivity contribution in [2.45, 2.75) is 6.61 Å². The Hall–Kier alpha value is -2.31. The minimum Gasteiger partial charge on any atom is -0.484 e. The van der Waals surface area contributed by atoms with Gasteiger partial charge in [0.15, 0.2) is 5.75 Å². The molecule has 2 rings (SSSR count). The van der Waals surface area contributed by atoms with Crippen LogP contribution in [0.15, 0.2) is 18.6 Å². The van der Waals surface area contributed by atoms with Gasteiger partial charge in [-0.05, 0) is 0 Å². The molecule has 0 atom stereocenters. The van der Waals surface area contributed by atoms with E-state index < -0.39 is 5.97 Å². The molecule has 0 aromatic carbocycles. The van der Waals surface area contributed by atoms with E-state index in [1.807, 2.05) is 0 Å². The van der Waals surface area contributed by atoms with Crippen molar-refractivity contribution in [3.05, 3.63) is 29.8 Å². The van der Waals surface area contributed by atoms with E-state index in [4.69, 9.17) is 9.84 Å². The molecule has 0 unspecified atom stereocenters. The van der Waals surface area contributed by atoms with E-state index in [1.165, 1.54) is 10.9 Å². The van der Waals surface area contributed by atoms with Gasteiger partial charge in [-0.25, -0.2) is 4.79 Å². The first-order valence-corrected chi connectivity index (χ1v) is 4.93. The molecule has 0 spiro atoms. The minimum atomic E-state index is -1.01. The lowest BCUT2D eigenvalue weighted by molar-refractivity contribution is 0.0693. The average Bonchev–Trinajstić information content (AvgIpc) is 2.82. The number of nitrogens with zero attached hydrogens (tertiary/aromatic N) is 4. The van der Waals surface area contributed by atoms with Gasteiger partial charge in [-0.2, -0.15) is 10.2 Å². The number of ether oxygens (including phenoxy) is 1. The van der Waals surface area contributed by atoms with Crippen LogP contribution in [0.2, 0.25) is 0 Å². The molecule has 0 saturated carbocycles. The number of rotatable bonds is 4. The highest BCUT2D eigenvalue weighted by molar-refractivity contribution is 5.88. The maximum Gasteiger partial charge on any atom is 0.339 e. The van der Waals surface area contributed by atoms with Crippen LogP contribution in [0.3, 0.4) is 0 Å². The first kappa shape index (κ1) is 11.2. The summed E-state index contributed by atoms with van der Waals surface area (Å²) in [6.45, 7) is 0.143. The Balaban J connectivity index is 2.13. The average molecular weight is 236 g/mol. The molecule has 0 saturated heterocycles. The molecule has 2 aromatic heterocycles. The Morgan fingerprint density at radius 1 is 1.41 bits per heavy atom. The van der Waals surface area contributed by atoms with Crippen LogP contribution in [-0.2, 0) is 20.7 Å². The van der Waals surface area contributed by atoms with Crippen LogP contribution in [0.25, 0.3) is 0 Å². The summed E-state index contributed by atoms with van der Waals surface area (Å²) in [5, 5.41) is 16.8. The van der Waals surface area contributed by atoms with Gasteiger partial charge < -0.3 is 9.84 Å². The molecule has 0 bridgehead atoms. The fourth-order valence-corrected chi connectivity index (χ4v) is 1.44. The second kappa shape index (κ2) is 4.28. The molecule has 0 radical (unpaired) electrons. The van der Waals surface area contributed by atoms with Gasteiger partial charge in [0, 0.05) is 14.1 Å². The SMILES string of the molecule is Cn1cc(OCc2c(C(=O)O)cnn2C)cn1. The monoisotopic (exact) mass is 236 g/mol. The number of carboxylic acids is 1. The smallest absolute Gasteiger partial charge is 0.339 e. The minimum absolute atomic E-state index is 0.143. The first-order chi connectivity index (χ1) is 8.08. The number of aromatic nitrogens is 4. The van der Waals surface area contributed by atoms with E-state index >= 15 is 0 Å². The van der Waals surface area contributed by atoms with E-state index in [-0.39, 0.29) is 12.2 Å². The second-order valence-corrected chi connectivity index (χ2v) is 3.57. The Labute approximate surface area is 97.2 Å². The summed E-state index contributed by atoms with van der Waals surface area (Å²) in [4.78, 5) is 10.9. The van der Waals surface area contributed by atoms with Crippen molar-refractivity contribution in [3.63, 3.8) is 0 Å². The summed E-state index contributed by atoms with van der Waals surface area (Å²) in [5.41, 5.74) is 0.665. The first-order valence-electron chi connectivity index (χ1n) is 4.93. The zero-order chi connectivity index (χ0) is 12.4. The Bertz CT molecular complexity index is 543. The zero-order valence-corrected chi connectivity index (χ0v) is 9.49. The summed E-state index contributed by atoms with van der Waals surface area (Å²) in [6, 6.07) is 0.